The summed E-state index contributed by atoms with van der Waals surface area (Å²) in [6.45, 7) is 1.88. The van der Waals surface area contributed by atoms with Gasteiger partial charge in [0.05, 0.1) is 12.0 Å². The van der Waals surface area contributed by atoms with Crippen molar-refractivity contribution in [1.29, 1.82) is 0 Å². The van der Waals surface area contributed by atoms with E-state index in [1.54, 1.807) is 31.2 Å². The standard InChI is InChI=1S/C18H19ClFNO5S/c1-3-21(9-8-12-6-4-5-7-15(12)19)27(24,25)13-10-14(18(22)23)17(26-2)16(20)11-13/h4-7,10-11H,3,8-9H2,1-2H3,(H,22,23). The van der Waals surface area contributed by atoms with Crippen LogP contribution in [-0.2, 0) is 16.4 Å². The fourth-order valence-electron chi connectivity index (χ4n) is 2.63. The molecular formula is C18H19ClFNO5S. The maximum Gasteiger partial charge on any atom is 0.339 e. The van der Waals surface area contributed by atoms with Gasteiger partial charge in [-0.05, 0) is 30.2 Å². The van der Waals surface area contributed by atoms with Crippen LogP contribution in [0.3, 0.4) is 0 Å². The van der Waals surface area contributed by atoms with E-state index < -0.39 is 38.0 Å². The number of rotatable bonds is 8. The summed E-state index contributed by atoms with van der Waals surface area (Å²) in [7, 11) is -2.99. The lowest BCUT2D eigenvalue weighted by Crippen LogP contribution is -2.33. The second-order valence-electron chi connectivity index (χ2n) is 5.63. The number of hydrogen-bond acceptors (Lipinski definition) is 4. The normalized spacial score (nSPS) is 11.6. The molecule has 2 aromatic carbocycles. The molecule has 146 valence electrons. The molecule has 9 heteroatoms. The maximum absolute atomic E-state index is 14.2. The van der Waals surface area contributed by atoms with E-state index in [2.05, 4.69) is 0 Å². The van der Waals surface area contributed by atoms with Gasteiger partial charge in [0.2, 0.25) is 10.0 Å². The third kappa shape index (κ3) is 4.58. The van der Waals surface area contributed by atoms with Crippen LogP contribution in [0.25, 0.3) is 0 Å². The molecule has 0 fully saturated rings. The van der Waals surface area contributed by atoms with E-state index in [-0.39, 0.29) is 13.1 Å². The molecule has 0 saturated carbocycles. The number of ether oxygens (including phenoxy) is 1. The first-order valence-electron chi connectivity index (χ1n) is 8.06. The monoisotopic (exact) mass is 415 g/mol. The predicted octanol–water partition coefficient (Wildman–Crippen LogP) is 3.44. The maximum atomic E-state index is 14.2. The van der Waals surface area contributed by atoms with Crippen LogP contribution < -0.4 is 4.74 Å². The fourth-order valence-corrected chi connectivity index (χ4v) is 4.35. The Morgan fingerprint density at radius 2 is 1.96 bits per heavy atom. The molecule has 0 bridgehead atoms. The van der Waals surface area contributed by atoms with Gasteiger partial charge >= 0.3 is 5.97 Å². The highest BCUT2D eigenvalue weighted by molar-refractivity contribution is 7.89. The number of benzene rings is 2. The summed E-state index contributed by atoms with van der Waals surface area (Å²) in [4.78, 5) is 10.9. The summed E-state index contributed by atoms with van der Waals surface area (Å²) in [5.74, 6) is -3.05. The molecule has 0 aliphatic rings. The Morgan fingerprint density at radius 3 is 2.52 bits per heavy atom. The fraction of sp³-hybridized carbons (Fsp3) is 0.278. The van der Waals surface area contributed by atoms with Crippen molar-refractivity contribution in [2.24, 2.45) is 0 Å². The van der Waals surface area contributed by atoms with Crippen molar-refractivity contribution >= 4 is 27.6 Å². The third-order valence-electron chi connectivity index (χ3n) is 4.03. The van der Waals surface area contributed by atoms with Crippen LogP contribution in [0.1, 0.15) is 22.8 Å². The average molecular weight is 416 g/mol. The van der Waals surface area contributed by atoms with Crippen LogP contribution in [-0.4, -0.2) is 44.0 Å². The van der Waals surface area contributed by atoms with Crippen LogP contribution in [0.5, 0.6) is 5.75 Å². The highest BCUT2D eigenvalue weighted by Crippen LogP contribution is 2.28. The summed E-state index contributed by atoms with van der Waals surface area (Å²) in [5.41, 5.74) is 0.221. The largest absolute Gasteiger partial charge is 0.493 e. The smallest absolute Gasteiger partial charge is 0.339 e. The van der Waals surface area contributed by atoms with Crippen LogP contribution in [0.15, 0.2) is 41.3 Å². The first-order chi connectivity index (χ1) is 12.7. The molecule has 0 radical (unpaired) electrons. The van der Waals surface area contributed by atoms with Crippen molar-refractivity contribution in [3.05, 3.63) is 58.4 Å². The van der Waals surface area contributed by atoms with Crippen LogP contribution in [0.4, 0.5) is 4.39 Å². The number of halogens is 2. The van der Waals surface area contributed by atoms with Crippen LogP contribution in [0.2, 0.25) is 5.02 Å². The summed E-state index contributed by atoms with van der Waals surface area (Å²) >= 11 is 6.10. The van der Waals surface area contributed by atoms with Gasteiger partial charge in [0, 0.05) is 18.1 Å². The second kappa shape index (κ2) is 8.69. The zero-order chi connectivity index (χ0) is 20.2. The molecular weight excluding hydrogens is 397 g/mol. The number of likely N-dealkylation sites (N-methyl/N-ethyl adjacent to an activating group) is 1. The number of aromatic carboxylic acids is 1. The van der Waals surface area contributed by atoms with Gasteiger partial charge in [-0.15, -0.1) is 0 Å². The molecule has 0 aliphatic carbocycles. The van der Waals surface area contributed by atoms with Crippen molar-refractivity contribution in [2.45, 2.75) is 18.2 Å². The molecule has 2 rings (SSSR count). The minimum Gasteiger partial charge on any atom is -0.493 e. The molecule has 0 spiro atoms. The van der Waals surface area contributed by atoms with Crippen molar-refractivity contribution in [1.82, 2.24) is 4.31 Å². The number of sulfonamides is 1. The van der Waals surface area contributed by atoms with Crippen LogP contribution >= 0.6 is 11.6 Å². The zero-order valence-corrected chi connectivity index (χ0v) is 16.3. The topological polar surface area (TPSA) is 83.9 Å². The lowest BCUT2D eigenvalue weighted by Gasteiger charge is -2.21. The Labute approximate surface area is 162 Å². The van der Waals surface area contributed by atoms with Crippen molar-refractivity contribution in [3.8, 4) is 5.75 Å². The number of carboxylic acids is 1. The molecule has 27 heavy (non-hydrogen) atoms. The Balaban J connectivity index is 2.37. The van der Waals surface area contributed by atoms with E-state index in [1.807, 2.05) is 0 Å². The van der Waals surface area contributed by atoms with Crippen molar-refractivity contribution in [2.75, 3.05) is 20.2 Å². The van der Waals surface area contributed by atoms with E-state index in [0.717, 1.165) is 29.1 Å². The second-order valence-corrected chi connectivity index (χ2v) is 7.97. The minimum atomic E-state index is -4.11. The van der Waals surface area contributed by atoms with Crippen LogP contribution in [0, 0.1) is 5.82 Å². The molecule has 0 aliphatic heterocycles. The minimum absolute atomic E-state index is 0.110. The number of methoxy groups -OCH3 is 1. The van der Waals surface area contributed by atoms with Gasteiger partial charge in [0.1, 0.15) is 5.56 Å². The average Bonchev–Trinajstić information content (AvgIpc) is 2.62. The lowest BCUT2D eigenvalue weighted by atomic mass is 10.1. The Kier molecular flexibility index (Phi) is 6.80. The van der Waals surface area contributed by atoms with Gasteiger partial charge in [0.25, 0.3) is 0 Å². The summed E-state index contributed by atoms with van der Waals surface area (Å²) in [5, 5.41) is 9.74. The van der Waals surface area contributed by atoms with E-state index in [4.69, 9.17) is 16.3 Å². The van der Waals surface area contributed by atoms with Gasteiger partial charge in [0.15, 0.2) is 11.6 Å². The Bertz CT molecular complexity index is 949. The highest BCUT2D eigenvalue weighted by atomic mass is 35.5. The molecule has 2 aromatic rings. The SMILES string of the molecule is CCN(CCc1ccccc1Cl)S(=O)(=O)c1cc(F)c(OC)c(C(=O)O)c1. The van der Waals surface area contributed by atoms with Gasteiger partial charge in [-0.1, -0.05) is 36.7 Å². The molecule has 6 nitrogen and oxygen atoms in total. The Hall–Kier alpha value is -2.16. The summed E-state index contributed by atoms with van der Waals surface area (Å²) < 4.78 is 45.8. The number of carboxylic acid groups (broad SMARTS) is 1. The van der Waals surface area contributed by atoms with E-state index in [0.29, 0.717) is 11.4 Å². The lowest BCUT2D eigenvalue weighted by molar-refractivity contribution is 0.0692. The first-order valence-corrected chi connectivity index (χ1v) is 9.88. The molecule has 0 atom stereocenters. The zero-order valence-electron chi connectivity index (χ0n) is 14.8. The highest BCUT2D eigenvalue weighted by Gasteiger charge is 2.27. The number of carbonyl (C=O) groups is 1. The van der Waals surface area contributed by atoms with E-state index >= 15 is 0 Å². The molecule has 0 aromatic heterocycles. The van der Waals surface area contributed by atoms with Gasteiger partial charge < -0.3 is 9.84 Å². The molecule has 0 saturated heterocycles. The third-order valence-corrected chi connectivity index (χ3v) is 6.35. The molecule has 1 N–H and O–H groups in total. The van der Waals surface area contributed by atoms with E-state index in [1.165, 1.54) is 0 Å². The van der Waals surface area contributed by atoms with Gasteiger partial charge in [-0.3, -0.25) is 0 Å². The predicted molar refractivity (Wildman–Crippen MR) is 99.5 cm³/mol. The first kappa shape index (κ1) is 21.1. The van der Waals surface area contributed by atoms with Gasteiger partial charge in [-0.2, -0.15) is 4.31 Å². The van der Waals surface area contributed by atoms with E-state index in [9.17, 15) is 22.7 Å². The summed E-state index contributed by atoms with van der Waals surface area (Å²) in [6, 6.07) is 8.73. The molecule has 0 amide bonds. The Morgan fingerprint density at radius 1 is 1.30 bits per heavy atom. The molecule has 0 unspecified atom stereocenters. The van der Waals surface area contributed by atoms with Crippen molar-refractivity contribution < 1.29 is 27.4 Å². The number of nitrogens with zero attached hydrogens (tertiary/aromatic N) is 1. The molecule has 0 heterocycles. The number of hydrogen-bond donors (Lipinski definition) is 1. The summed E-state index contributed by atoms with van der Waals surface area (Å²) in [6.07, 6.45) is 0.358. The van der Waals surface area contributed by atoms with Crippen molar-refractivity contribution in [3.63, 3.8) is 0 Å². The van der Waals surface area contributed by atoms with Gasteiger partial charge in [-0.25, -0.2) is 17.6 Å². The quantitative estimate of drug-likeness (QED) is 0.714.